The third kappa shape index (κ3) is 750. The summed E-state index contributed by atoms with van der Waals surface area (Å²) in [4.78, 5) is 0. The molecule has 1 radical (unpaired) electrons. The van der Waals surface area contributed by atoms with Crippen LogP contribution < -0.4 is 60.2 Å². The van der Waals surface area contributed by atoms with Crippen LogP contribution in [0.25, 0.3) is 0 Å². The molecule has 0 saturated heterocycles. The van der Waals surface area contributed by atoms with Crippen LogP contribution in [0, 0.1) is 20.5 Å². The van der Waals surface area contributed by atoms with E-state index in [1.165, 1.54) is 0 Å². The van der Waals surface area contributed by atoms with Crippen molar-refractivity contribution in [1.82, 2.24) is 0 Å². The van der Waals surface area contributed by atoms with Gasteiger partial charge < -0.3 is 22.9 Å². The maximum atomic E-state index is 8.49. The van der Waals surface area contributed by atoms with Crippen molar-refractivity contribution in [3.05, 3.63) is 0 Å². The number of nitrogens with two attached hydrogens (primary N) is 4. The Morgan fingerprint density at radius 2 is 0.526 bits per heavy atom. The summed E-state index contributed by atoms with van der Waals surface area (Å²) in [5.41, 5.74) is 19.6. The molecule has 0 aromatic heterocycles. The molecule has 0 aromatic carbocycles. The molecule has 125 valence electrons. The second-order valence-electron chi connectivity index (χ2n) is 1.91. The molecule has 0 aliphatic heterocycles. The summed E-state index contributed by atoms with van der Waals surface area (Å²) in [5, 5.41) is 0. The molecule has 0 aromatic rings. The van der Waals surface area contributed by atoms with Crippen LogP contribution in [0.15, 0.2) is 0 Å². The Bertz CT molecular complexity index is 116. The molecule has 0 bridgehead atoms. The SMILES string of the molecule is NCCN.NCCN.[Cu+2].[O-][Cl+3]([O-])([O-])[O-].[O-][Cl+3]([O-])([O-])[O-]. The van der Waals surface area contributed by atoms with Gasteiger partial charge in [-0.05, 0) is 0 Å². The molecule has 0 heterocycles. The minimum Gasteiger partial charge on any atom is -0.329 e. The fourth-order valence-electron chi connectivity index (χ4n) is 0. The molecule has 0 saturated carbocycles. The number of hydrogen-bond donors (Lipinski definition) is 4. The number of hydrogen-bond acceptors (Lipinski definition) is 12. The molecule has 0 unspecified atom stereocenters. The predicted molar refractivity (Wildman–Crippen MR) is 36.2 cm³/mol. The Labute approximate surface area is 124 Å². The van der Waals surface area contributed by atoms with Crippen molar-refractivity contribution >= 4 is 0 Å². The summed E-state index contributed by atoms with van der Waals surface area (Å²) in [6, 6.07) is 0. The monoisotopic (exact) mass is 381 g/mol. The van der Waals surface area contributed by atoms with E-state index in [1.54, 1.807) is 0 Å². The van der Waals surface area contributed by atoms with Crippen molar-refractivity contribution in [2.75, 3.05) is 26.2 Å². The molecule has 19 heavy (non-hydrogen) atoms. The zero-order valence-electron chi connectivity index (χ0n) is 9.46. The standard InChI is InChI=1S/2C2H8N2.2ClHO4.Cu/c2*3-1-2-4;2*2-1(3,4)5;/h2*1-4H2;2*(H,2,3,4,5);/q;;;;+2/p-2. The Hall–Kier alpha value is 0.619. The van der Waals surface area contributed by atoms with Gasteiger partial charge in [-0.2, -0.15) is 0 Å². The average molecular weight is 383 g/mol. The summed E-state index contributed by atoms with van der Waals surface area (Å²) < 4.78 is 67.9. The van der Waals surface area contributed by atoms with Crippen molar-refractivity contribution in [3.63, 3.8) is 0 Å². The Kier molecular flexibility index (Phi) is 35.1. The first kappa shape index (κ1) is 31.8. The van der Waals surface area contributed by atoms with Gasteiger partial charge in [0, 0.05) is 26.2 Å². The average Bonchev–Trinajstić information content (AvgIpc) is 2.12. The summed E-state index contributed by atoms with van der Waals surface area (Å²) in [5.74, 6) is 0. The van der Waals surface area contributed by atoms with E-state index in [0.29, 0.717) is 26.2 Å². The van der Waals surface area contributed by atoms with Crippen molar-refractivity contribution in [2.45, 2.75) is 0 Å². The molecule has 8 N–H and O–H groups in total. The van der Waals surface area contributed by atoms with Crippen LogP contribution in [0.1, 0.15) is 0 Å². The second kappa shape index (κ2) is 20.9. The predicted octanol–water partition coefficient (Wildman–Crippen LogP) is -11.7. The first-order chi connectivity index (χ1) is 7.83. The Balaban J connectivity index is -0.0000000453. The van der Waals surface area contributed by atoms with Crippen LogP contribution in [-0.2, 0) is 17.1 Å². The zero-order valence-corrected chi connectivity index (χ0v) is 11.9. The zero-order chi connectivity index (χ0) is 15.8. The molecular formula is C4H16Cl2CuN4O8. The van der Waals surface area contributed by atoms with Crippen LogP contribution in [0.3, 0.4) is 0 Å². The van der Waals surface area contributed by atoms with Crippen molar-refractivity contribution < 1.29 is 74.8 Å². The van der Waals surface area contributed by atoms with Gasteiger partial charge >= 0.3 is 17.1 Å². The Morgan fingerprint density at radius 1 is 0.474 bits per heavy atom. The molecule has 0 amide bonds. The van der Waals surface area contributed by atoms with Gasteiger partial charge in [0.2, 0.25) is 0 Å². The largest absolute Gasteiger partial charge is 2.00 e. The van der Waals surface area contributed by atoms with Crippen molar-refractivity contribution in [3.8, 4) is 0 Å². The first-order valence-electron chi connectivity index (χ1n) is 3.87. The van der Waals surface area contributed by atoms with Crippen molar-refractivity contribution in [1.29, 1.82) is 0 Å². The molecule has 12 nitrogen and oxygen atoms in total. The maximum absolute atomic E-state index is 8.49. The minimum absolute atomic E-state index is 0. The maximum Gasteiger partial charge on any atom is 2.00 e. The summed E-state index contributed by atoms with van der Waals surface area (Å²) >= 11 is 0. The van der Waals surface area contributed by atoms with Gasteiger partial charge in [-0.25, -0.2) is 37.3 Å². The van der Waals surface area contributed by atoms with Gasteiger partial charge in [-0.3, -0.25) is 0 Å². The number of halogens is 2. The van der Waals surface area contributed by atoms with Crippen LogP contribution in [-0.4, -0.2) is 26.2 Å². The third-order valence-corrected chi connectivity index (χ3v) is 0.333. The number of rotatable bonds is 2. The Morgan fingerprint density at radius 3 is 0.526 bits per heavy atom. The van der Waals surface area contributed by atoms with Gasteiger partial charge in [0.15, 0.2) is 0 Å². The van der Waals surface area contributed by atoms with Gasteiger partial charge in [-0.15, -0.1) is 20.5 Å². The third-order valence-electron chi connectivity index (χ3n) is 0.333. The first-order valence-corrected chi connectivity index (χ1v) is 6.34. The van der Waals surface area contributed by atoms with Crippen molar-refractivity contribution in [2.24, 2.45) is 22.9 Å². The van der Waals surface area contributed by atoms with Gasteiger partial charge in [0.25, 0.3) is 0 Å². The minimum atomic E-state index is -4.94. The van der Waals surface area contributed by atoms with Crippen LogP contribution in [0.5, 0.6) is 0 Å². The fourth-order valence-corrected chi connectivity index (χ4v) is 0. The van der Waals surface area contributed by atoms with Gasteiger partial charge in [0.05, 0.1) is 0 Å². The molecule has 0 aliphatic carbocycles. The molecule has 0 aliphatic rings. The van der Waals surface area contributed by atoms with Crippen LogP contribution in [0.2, 0.25) is 0 Å². The molecule has 0 atom stereocenters. The molecule has 15 heteroatoms. The molecular weight excluding hydrogens is 367 g/mol. The quantitative estimate of drug-likeness (QED) is 0.323. The van der Waals surface area contributed by atoms with Crippen LogP contribution in [0.4, 0.5) is 0 Å². The van der Waals surface area contributed by atoms with Gasteiger partial charge in [0.1, 0.15) is 0 Å². The molecule has 0 rings (SSSR count). The van der Waals surface area contributed by atoms with E-state index in [9.17, 15) is 0 Å². The summed E-state index contributed by atoms with van der Waals surface area (Å²) in [6.45, 7) is 2.39. The van der Waals surface area contributed by atoms with E-state index in [2.05, 4.69) is 0 Å². The van der Waals surface area contributed by atoms with E-state index < -0.39 is 20.5 Å². The molecule has 0 fully saturated rings. The van der Waals surface area contributed by atoms with Crippen LogP contribution >= 0.6 is 0 Å². The molecule has 0 spiro atoms. The van der Waals surface area contributed by atoms with Gasteiger partial charge in [-0.1, -0.05) is 0 Å². The smallest absolute Gasteiger partial charge is 0.329 e. The fraction of sp³-hybridized carbons (Fsp3) is 1.00. The van der Waals surface area contributed by atoms with E-state index in [1.807, 2.05) is 0 Å². The van der Waals surface area contributed by atoms with E-state index in [-0.39, 0.29) is 17.1 Å². The topological polar surface area (TPSA) is 289 Å². The van der Waals surface area contributed by atoms with E-state index >= 15 is 0 Å². The second-order valence-corrected chi connectivity index (χ2v) is 3.42. The van der Waals surface area contributed by atoms with E-state index in [0.717, 1.165) is 0 Å². The normalized spacial score (nSPS) is 9.47. The summed E-state index contributed by atoms with van der Waals surface area (Å²) in [6.07, 6.45) is 0. The van der Waals surface area contributed by atoms with E-state index in [4.69, 9.17) is 60.2 Å². The summed E-state index contributed by atoms with van der Waals surface area (Å²) in [7, 11) is -9.89.